The van der Waals surface area contributed by atoms with Gasteiger partial charge in [0.05, 0.1) is 18.7 Å². The van der Waals surface area contributed by atoms with Gasteiger partial charge in [-0.2, -0.15) is 11.3 Å². The zero-order valence-electron chi connectivity index (χ0n) is 12.1. The number of benzene rings is 1. The summed E-state index contributed by atoms with van der Waals surface area (Å²) < 4.78 is 6.31. The highest BCUT2D eigenvalue weighted by Gasteiger charge is 2.27. The van der Waals surface area contributed by atoms with Gasteiger partial charge in [0.1, 0.15) is 6.10 Å². The molecule has 1 aliphatic heterocycles. The topological polar surface area (TPSA) is 66.8 Å². The van der Waals surface area contributed by atoms with Crippen molar-refractivity contribution in [1.29, 1.82) is 0 Å². The summed E-state index contributed by atoms with van der Waals surface area (Å²) >= 11 is 4.85. The molecule has 1 amide bonds. The summed E-state index contributed by atoms with van der Waals surface area (Å²) in [5, 5.41) is 13.1. The van der Waals surface area contributed by atoms with Crippen LogP contribution in [0.15, 0.2) is 39.5 Å². The third-order valence-electron chi connectivity index (χ3n) is 3.66. The van der Waals surface area contributed by atoms with Crippen LogP contribution in [0.2, 0.25) is 0 Å². The number of morpholine rings is 1. The predicted molar refractivity (Wildman–Crippen MR) is 90.0 cm³/mol. The monoisotopic (exact) mass is 395 g/mol. The molecule has 1 fully saturated rings. The Balaban J connectivity index is 1.81. The van der Waals surface area contributed by atoms with Gasteiger partial charge in [0.15, 0.2) is 0 Å². The molecular formula is C16H14BrNO4S. The molecule has 23 heavy (non-hydrogen) atoms. The lowest BCUT2D eigenvalue weighted by Gasteiger charge is -2.33. The van der Waals surface area contributed by atoms with E-state index >= 15 is 0 Å². The van der Waals surface area contributed by atoms with Crippen LogP contribution in [0.3, 0.4) is 0 Å². The highest BCUT2D eigenvalue weighted by molar-refractivity contribution is 9.10. The normalized spacial score (nSPS) is 18.0. The Morgan fingerprint density at radius 2 is 2.09 bits per heavy atom. The number of amides is 1. The molecule has 0 saturated carbocycles. The number of thiophene rings is 1. The Labute approximate surface area is 145 Å². The molecule has 0 aliphatic carbocycles. The molecule has 0 spiro atoms. The van der Waals surface area contributed by atoms with E-state index in [9.17, 15) is 9.59 Å². The molecule has 3 rings (SSSR count). The molecule has 1 N–H and O–H groups in total. The Morgan fingerprint density at radius 3 is 2.78 bits per heavy atom. The minimum Gasteiger partial charge on any atom is -0.478 e. The molecule has 5 nitrogen and oxygen atoms in total. The number of carboxylic acids is 1. The van der Waals surface area contributed by atoms with Gasteiger partial charge in [-0.1, -0.05) is 15.9 Å². The van der Waals surface area contributed by atoms with E-state index in [-0.39, 0.29) is 17.6 Å². The molecule has 0 radical (unpaired) electrons. The Hall–Kier alpha value is -1.70. The predicted octanol–water partition coefficient (Wildman–Crippen LogP) is 3.42. The number of ether oxygens (including phenoxy) is 1. The van der Waals surface area contributed by atoms with Gasteiger partial charge < -0.3 is 14.7 Å². The largest absolute Gasteiger partial charge is 0.478 e. The molecule has 0 bridgehead atoms. The molecule has 1 aliphatic rings. The van der Waals surface area contributed by atoms with E-state index in [1.165, 1.54) is 12.1 Å². The maximum absolute atomic E-state index is 12.7. The summed E-state index contributed by atoms with van der Waals surface area (Å²) in [6.45, 7) is 1.42. The van der Waals surface area contributed by atoms with E-state index in [1.54, 1.807) is 22.3 Å². The van der Waals surface area contributed by atoms with Gasteiger partial charge in [0, 0.05) is 16.6 Å². The molecule has 2 heterocycles. The van der Waals surface area contributed by atoms with Crippen molar-refractivity contribution >= 4 is 39.1 Å². The van der Waals surface area contributed by atoms with E-state index in [1.807, 2.05) is 16.8 Å². The van der Waals surface area contributed by atoms with Gasteiger partial charge in [-0.05, 0) is 40.6 Å². The molecule has 7 heteroatoms. The first-order valence-electron chi connectivity index (χ1n) is 7.01. The Kier molecular flexibility index (Phi) is 4.79. The SMILES string of the molecule is O=C(O)c1cc(Br)cc(C(=O)N2CCOC(c3ccsc3)C2)c1. The van der Waals surface area contributed by atoms with Crippen LogP contribution < -0.4 is 0 Å². The van der Waals surface area contributed by atoms with Crippen LogP contribution in [-0.2, 0) is 4.74 Å². The standard InChI is InChI=1S/C16H14BrNO4S/c17-13-6-11(5-12(7-13)16(20)21)15(19)18-2-3-22-14(8-18)10-1-4-23-9-10/h1,4-7,9,14H,2-3,8H2,(H,20,21). The smallest absolute Gasteiger partial charge is 0.335 e. The number of nitrogens with zero attached hydrogens (tertiary/aromatic N) is 1. The van der Waals surface area contributed by atoms with Crippen molar-refractivity contribution < 1.29 is 19.4 Å². The van der Waals surface area contributed by atoms with E-state index in [2.05, 4.69) is 15.9 Å². The Morgan fingerprint density at radius 1 is 1.30 bits per heavy atom. The summed E-state index contributed by atoms with van der Waals surface area (Å²) in [4.78, 5) is 25.6. The Bertz CT molecular complexity index is 732. The van der Waals surface area contributed by atoms with Crippen LogP contribution in [0.5, 0.6) is 0 Å². The molecule has 1 unspecified atom stereocenters. The lowest BCUT2D eigenvalue weighted by molar-refractivity contribution is -0.0226. The molecular weight excluding hydrogens is 382 g/mol. The van der Waals surface area contributed by atoms with Gasteiger partial charge >= 0.3 is 5.97 Å². The van der Waals surface area contributed by atoms with Gasteiger partial charge in [-0.15, -0.1) is 0 Å². The van der Waals surface area contributed by atoms with Crippen molar-refractivity contribution in [2.45, 2.75) is 6.10 Å². The number of carboxylic acid groups (broad SMARTS) is 1. The van der Waals surface area contributed by atoms with Crippen molar-refractivity contribution in [1.82, 2.24) is 4.90 Å². The second kappa shape index (κ2) is 6.82. The first-order chi connectivity index (χ1) is 11.0. The van der Waals surface area contributed by atoms with Crippen LogP contribution in [-0.4, -0.2) is 41.6 Å². The van der Waals surface area contributed by atoms with E-state index in [0.717, 1.165) is 5.56 Å². The van der Waals surface area contributed by atoms with Crippen LogP contribution in [0.4, 0.5) is 0 Å². The zero-order valence-corrected chi connectivity index (χ0v) is 14.5. The van der Waals surface area contributed by atoms with Crippen LogP contribution in [0.25, 0.3) is 0 Å². The summed E-state index contributed by atoms with van der Waals surface area (Å²) in [5.74, 6) is -1.24. The number of carbonyl (C=O) groups is 2. The summed E-state index contributed by atoms with van der Waals surface area (Å²) in [5.41, 5.74) is 1.51. The number of carbonyl (C=O) groups excluding carboxylic acids is 1. The molecule has 1 aromatic heterocycles. The van der Waals surface area contributed by atoms with Crippen molar-refractivity contribution in [3.8, 4) is 0 Å². The minimum atomic E-state index is -1.06. The third kappa shape index (κ3) is 3.63. The summed E-state index contributed by atoms with van der Waals surface area (Å²) in [6.07, 6.45) is -0.134. The first-order valence-corrected chi connectivity index (χ1v) is 8.75. The minimum absolute atomic E-state index is 0.0883. The van der Waals surface area contributed by atoms with Crippen LogP contribution >= 0.6 is 27.3 Å². The van der Waals surface area contributed by atoms with Crippen LogP contribution in [0.1, 0.15) is 32.4 Å². The lowest BCUT2D eigenvalue weighted by atomic mass is 10.1. The second-order valence-corrected chi connectivity index (χ2v) is 6.90. The first kappa shape index (κ1) is 16.2. The number of aromatic carboxylic acids is 1. The fourth-order valence-corrected chi connectivity index (χ4v) is 3.71. The second-order valence-electron chi connectivity index (χ2n) is 5.20. The van der Waals surface area contributed by atoms with Crippen molar-refractivity contribution in [3.05, 3.63) is 56.2 Å². The van der Waals surface area contributed by atoms with Gasteiger partial charge in [0.25, 0.3) is 5.91 Å². The number of hydrogen-bond donors (Lipinski definition) is 1. The number of halogens is 1. The zero-order chi connectivity index (χ0) is 16.4. The lowest BCUT2D eigenvalue weighted by Crippen LogP contribution is -2.42. The molecule has 1 saturated heterocycles. The van der Waals surface area contributed by atoms with E-state index in [4.69, 9.17) is 9.84 Å². The maximum atomic E-state index is 12.7. The molecule has 2 aromatic rings. The fourth-order valence-electron chi connectivity index (χ4n) is 2.51. The third-order valence-corrected chi connectivity index (χ3v) is 4.82. The quantitative estimate of drug-likeness (QED) is 0.864. The number of rotatable bonds is 3. The summed E-state index contributed by atoms with van der Waals surface area (Å²) in [6, 6.07) is 6.52. The molecule has 1 atom stereocenters. The van der Waals surface area contributed by atoms with Crippen LogP contribution in [0, 0.1) is 0 Å². The van der Waals surface area contributed by atoms with Crippen molar-refractivity contribution in [2.75, 3.05) is 19.7 Å². The van der Waals surface area contributed by atoms with Gasteiger partial charge in [0.2, 0.25) is 0 Å². The number of hydrogen-bond acceptors (Lipinski definition) is 4. The average molecular weight is 396 g/mol. The molecule has 1 aromatic carbocycles. The van der Waals surface area contributed by atoms with Gasteiger partial charge in [-0.3, -0.25) is 4.79 Å². The average Bonchev–Trinajstić information content (AvgIpc) is 3.08. The van der Waals surface area contributed by atoms with Crippen molar-refractivity contribution in [2.24, 2.45) is 0 Å². The van der Waals surface area contributed by atoms with Gasteiger partial charge in [-0.25, -0.2) is 4.79 Å². The molecule has 120 valence electrons. The summed E-state index contributed by atoms with van der Waals surface area (Å²) in [7, 11) is 0. The van der Waals surface area contributed by atoms with E-state index < -0.39 is 5.97 Å². The van der Waals surface area contributed by atoms with E-state index in [0.29, 0.717) is 29.7 Å². The fraction of sp³-hybridized carbons (Fsp3) is 0.250. The highest BCUT2D eigenvalue weighted by Crippen LogP contribution is 2.26. The maximum Gasteiger partial charge on any atom is 0.335 e. The highest BCUT2D eigenvalue weighted by atomic mass is 79.9. The van der Waals surface area contributed by atoms with Crippen molar-refractivity contribution in [3.63, 3.8) is 0 Å².